The Hall–Kier alpha value is -2.50. The van der Waals surface area contributed by atoms with Crippen molar-refractivity contribution in [3.63, 3.8) is 0 Å². The van der Waals surface area contributed by atoms with E-state index in [4.69, 9.17) is 11.6 Å². The number of aromatic nitrogens is 5. The summed E-state index contributed by atoms with van der Waals surface area (Å²) in [6, 6.07) is 9.70. The fourth-order valence-electron chi connectivity index (χ4n) is 3.49. The van der Waals surface area contributed by atoms with E-state index in [-0.39, 0.29) is 5.56 Å². The Balaban J connectivity index is 1.55. The monoisotopic (exact) mass is 548 g/mol. The van der Waals surface area contributed by atoms with Gasteiger partial charge in [-0.3, -0.25) is 4.79 Å². The van der Waals surface area contributed by atoms with Crippen LogP contribution in [0.25, 0.3) is 32.5 Å². The molecular weight excluding hydrogens is 535 g/mol. The summed E-state index contributed by atoms with van der Waals surface area (Å²) < 4.78 is 2.89. The molecule has 0 aliphatic rings. The van der Waals surface area contributed by atoms with E-state index in [1.165, 1.54) is 6.33 Å². The standard InChI is InChI=1S/C20H14ClIN6OS/c21-12-5-8-30-18(12)16-14(22)15-17(20(29)27-10-25-15)28(16)7-6-23-19-11-3-1-2-4-13(11)24-9-26-19/h1-5,8-10H,6-7H2,(H,23,24,26)(H,25,27,29). The molecule has 0 unspecified atom stereocenters. The summed E-state index contributed by atoms with van der Waals surface area (Å²) in [5.74, 6) is 0.759. The largest absolute Gasteiger partial charge is 0.368 e. The smallest absolute Gasteiger partial charge is 0.275 e. The van der Waals surface area contributed by atoms with Crippen LogP contribution in [0.3, 0.4) is 0 Å². The second-order valence-corrected chi connectivity index (χ2v) is 8.91. The summed E-state index contributed by atoms with van der Waals surface area (Å²) in [5.41, 5.74) is 2.82. The molecule has 0 aliphatic heterocycles. The Morgan fingerprint density at radius 1 is 1.20 bits per heavy atom. The van der Waals surface area contributed by atoms with Crippen LogP contribution in [-0.2, 0) is 6.54 Å². The zero-order valence-electron chi connectivity index (χ0n) is 15.4. The number of hydrogen-bond acceptors (Lipinski definition) is 6. The lowest BCUT2D eigenvalue weighted by Gasteiger charge is -2.12. The van der Waals surface area contributed by atoms with E-state index in [1.54, 1.807) is 17.7 Å². The van der Waals surface area contributed by atoms with Gasteiger partial charge in [-0.2, -0.15) is 0 Å². The second-order valence-electron chi connectivity index (χ2n) is 6.51. The van der Waals surface area contributed by atoms with Crippen molar-refractivity contribution in [1.29, 1.82) is 0 Å². The molecule has 1 aromatic carbocycles. The lowest BCUT2D eigenvalue weighted by atomic mass is 10.2. The molecule has 4 aromatic heterocycles. The topological polar surface area (TPSA) is 88.5 Å². The second kappa shape index (κ2) is 7.97. The van der Waals surface area contributed by atoms with Crippen LogP contribution in [0.2, 0.25) is 5.02 Å². The third-order valence-electron chi connectivity index (χ3n) is 4.79. The summed E-state index contributed by atoms with van der Waals surface area (Å²) in [5, 5.41) is 6.94. The number of benzene rings is 1. The molecule has 0 saturated heterocycles. The van der Waals surface area contributed by atoms with Crippen LogP contribution in [0.4, 0.5) is 5.82 Å². The number of anilines is 1. The zero-order valence-corrected chi connectivity index (χ0v) is 19.1. The van der Waals surface area contributed by atoms with Crippen molar-refractivity contribution >= 4 is 73.3 Å². The molecule has 10 heteroatoms. The van der Waals surface area contributed by atoms with Gasteiger partial charge in [0.05, 0.1) is 31.0 Å². The van der Waals surface area contributed by atoms with Crippen molar-refractivity contribution in [2.45, 2.75) is 6.54 Å². The van der Waals surface area contributed by atoms with Crippen molar-refractivity contribution in [3.05, 3.63) is 67.3 Å². The number of halogens is 2. The fourth-order valence-corrected chi connectivity index (χ4v) is 5.83. The highest BCUT2D eigenvalue weighted by Gasteiger charge is 2.22. The van der Waals surface area contributed by atoms with Crippen molar-refractivity contribution in [3.8, 4) is 10.6 Å². The molecule has 0 saturated carbocycles. The predicted octanol–water partition coefficient (Wildman–Crippen LogP) is 4.77. The van der Waals surface area contributed by atoms with Gasteiger partial charge >= 0.3 is 0 Å². The van der Waals surface area contributed by atoms with E-state index >= 15 is 0 Å². The lowest BCUT2D eigenvalue weighted by Crippen LogP contribution is -2.17. The van der Waals surface area contributed by atoms with Crippen LogP contribution in [0.5, 0.6) is 0 Å². The van der Waals surface area contributed by atoms with Gasteiger partial charge in [0.2, 0.25) is 0 Å². The van der Waals surface area contributed by atoms with Crippen molar-refractivity contribution in [1.82, 2.24) is 24.5 Å². The van der Waals surface area contributed by atoms with Crippen LogP contribution in [0.1, 0.15) is 0 Å². The Bertz CT molecular complexity index is 1440. The van der Waals surface area contributed by atoms with E-state index in [0.717, 1.165) is 30.9 Å². The van der Waals surface area contributed by atoms with E-state index in [0.29, 0.717) is 29.1 Å². The van der Waals surface area contributed by atoms with Gasteiger partial charge in [0.1, 0.15) is 23.2 Å². The van der Waals surface area contributed by atoms with Crippen LogP contribution in [0, 0.1) is 3.57 Å². The molecule has 0 radical (unpaired) electrons. The number of para-hydroxylation sites is 1. The number of thiophene rings is 1. The Kier molecular flexibility index (Phi) is 5.17. The Morgan fingerprint density at radius 2 is 2.07 bits per heavy atom. The molecule has 4 heterocycles. The quantitative estimate of drug-likeness (QED) is 0.309. The van der Waals surface area contributed by atoms with Gasteiger partial charge < -0.3 is 14.9 Å². The maximum absolute atomic E-state index is 12.6. The zero-order chi connectivity index (χ0) is 20.7. The Morgan fingerprint density at radius 3 is 2.90 bits per heavy atom. The fraction of sp³-hybridized carbons (Fsp3) is 0.100. The highest BCUT2D eigenvalue weighted by Crippen LogP contribution is 2.39. The van der Waals surface area contributed by atoms with Gasteiger partial charge in [0.25, 0.3) is 5.56 Å². The molecule has 0 amide bonds. The van der Waals surface area contributed by atoms with Crippen LogP contribution >= 0.6 is 45.5 Å². The molecule has 5 aromatic rings. The summed E-state index contributed by atoms with van der Waals surface area (Å²) in [6.07, 6.45) is 2.98. The number of nitrogens with one attached hydrogen (secondary N) is 2. The van der Waals surface area contributed by atoms with Gasteiger partial charge in [0.15, 0.2) is 0 Å². The highest BCUT2D eigenvalue weighted by atomic mass is 127. The number of aromatic amines is 1. The van der Waals surface area contributed by atoms with Crippen molar-refractivity contribution < 1.29 is 0 Å². The van der Waals surface area contributed by atoms with Gasteiger partial charge in [-0.1, -0.05) is 23.7 Å². The van der Waals surface area contributed by atoms with Crippen molar-refractivity contribution in [2.24, 2.45) is 0 Å². The van der Waals surface area contributed by atoms with Crippen LogP contribution in [0.15, 0.2) is 53.2 Å². The molecule has 0 bridgehead atoms. The minimum Gasteiger partial charge on any atom is -0.368 e. The Labute approximate surface area is 193 Å². The number of fused-ring (bicyclic) bond motifs is 2. The van der Waals surface area contributed by atoms with E-state index in [9.17, 15) is 4.79 Å². The summed E-state index contributed by atoms with van der Waals surface area (Å²) >= 11 is 10.2. The highest BCUT2D eigenvalue weighted by molar-refractivity contribution is 14.1. The molecule has 0 spiro atoms. The maximum atomic E-state index is 12.6. The molecule has 0 fully saturated rings. The van der Waals surface area contributed by atoms with E-state index < -0.39 is 0 Å². The number of hydrogen-bond donors (Lipinski definition) is 2. The van der Waals surface area contributed by atoms with Gasteiger partial charge in [-0.05, 0) is 46.2 Å². The molecule has 2 N–H and O–H groups in total. The van der Waals surface area contributed by atoms with Crippen LogP contribution < -0.4 is 10.9 Å². The van der Waals surface area contributed by atoms with Gasteiger partial charge in [-0.15, -0.1) is 11.3 Å². The van der Waals surface area contributed by atoms with Gasteiger partial charge in [-0.25, -0.2) is 15.0 Å². The third kappa shape index (κ3) is 3.26. The minimum atomic E-state index is -0.177. The lowest BCUT2D eigenvalue weighted by molar-refractivity contribution is 0.758. The average molecular weight is 549 g/mol. The van der Waals surface area contributed by atoms with E-state index in [1.807, 2.05) is 40.3 Å². The predicted molar refractivity (Wildman–Crippen MR) is 129 cm³/mol. The SMILES string of the molecule is O=c1[nH]cnc2c(I)c(-c3sccc3Cl)n(CCNc3ncnc4ccccc34)c12. The first-order valence-electron chi connectivity index (χ1n) is 9.07. The van der Waals surface area contributed by atoms with Crippen molar-refractivity contribution in [2.75, 3.05) is 11.9 Å². The molecule has 5 rings (SSSR count). The first kappa shape index (κ1) is 19.5. The average Bonchev–Trinajstić information content (AvgIpc) is 3.29. The normalized spacial score (nSPS) is 11.4. The minimum absolute atomic E-state index is 0.177. The molecule has 150 valence electrons. The van der Waals surface area contributed by atoms with Gasteiger partial charge in [0, 0.05) is 18.5 Å². The molecule has 0 atom stereocenters. The molecular formula is C20H14ClIN6OS. The van der Waals surface area contributed by atoms with E-state index in [2.05, 4.69) is 47.8 Å². The first-order valence-corrected chi connectivity index (χ1v) is 11.4. The number of nitrogens with zero attached hydrogens (tertiary/aromatic N) is 4. The number of H-pyrrole nitrogens is 1. The molecule has 7 nitrogen and oxygen atoms in total. The third-order valence-corrected chi connectivity index (χ3v) is 7.16. The molecule has 0 aliphatic carbocycles. The summed E-state index contributed by atoms with van der Waals surface area (Å²) in [4.78, 5) is 29.3. The first-order chi connectivity index (χ1) is 14.6. The number of rotatable bonds is 5. The van der Waals surface area contributed by atoms with Crippen LogP contribution in [-0.4, -0.2) is 31.0 Å². The maximum Gasteiger partial charge on any atom is 0.275 e. The summed E-state index contributed by atoms with van der Waals surface area (Å²) in [7, 11) is 0. The molecule has 30 heavy (non-hydrogen) atoms. The summed E-state index contributed by atoms with van der Waals surface area (Å²) in [6.45, 7) is 1.10.